The molecule has 1 saturated heterocycles. The van der Waals surface area contributed by atoms with Gasteiger partial charge in [0.15, 0.2) is 0 Å². The summed E-state index contributed by atoms with van der Waals surface area (Å²) in [7, 11) is -2.33. The molecular formula is C42H55N5O10S. The number of nitrogens with one attached hydrogen (secondary N) is 3. The minimum atomic E-state index is -3.92. The van der Waals surface area contributed by atoms with E-state index < -0.39 is 74.1 Å². The number of rotatable bonds is 9. The SMILES string of the molecule is C=C[C@@H]1C[C@]1(NC(=O)[C@@H]1C[C@@H]2CN1C(=O)[C@H](C(C)(C)C)NC(=O)O[C@@H]1CCCC[C@H]1C/C=C/c1cc3c(cc(OCC)nc3cc1OC)O2)C(=O)NS(=O)(=O)C1CC1. The van der Waals surface area contributed by atoms with Crippen molar-refractivity contribution < 1.29 is 46.5 Å². The molecule has 58 heavy (non-hydrogen) atoms. The van der Waals surface area contributed by atoms with Gasteiger partial charge in [0.1, 0.15) is 41.3 Å². The van der Waals surface area contributed by atoms with E-state index in [9.17, 15) is 27.6 Å². The smallest absolute Gasteiger partial charge is 0.408 e. The zero-order valence-corrected chi connectivity index (χ0v) is 34.7. The number of hydrogen-bond acceptors (Lipinski definition) is 11. The van der Waals surface area contributed by atoms with Crippen LogP contribution in [0, 0.1) is 17.3 Å². The number of nitrogens with zero attached hydrogens (tertiary/aromatic N) is 2. The highest BCUT2D eigenvalue weighted by Crippen LogP contribution is 2.46. The second kappa shape index (κ2) is 16.1. The highest BCUT2D eigenvalue weighted by molar-refractivity contribution is 7.91. The fourth-order valence-electron chi connectivity index (χ4n) is 8.49. The van der Waals surface area contributed by atoms with E-state index in [0.717, 1.165) is 24.8 Å². The number of amides is 4. The molecule has 2 aromatic rings. The summed E-state index contributed by atoms with van der Waals surface area (Å²) in [5.41, 5.74) is -1.06. The van der Waals surface area contributed by atoms with Crippen LogP contribution in [0.15, 0.2) is 36.9 Å². The zero-order valence-electron chi connectivity index (χ0n) is 33.9. The van der Waals surface area contributed by atoms with Crippen molar-refractivity contribution in [2.24, 2.45) is 17.3 Å². The molecule has 3 N–H and O–H groups in total. The third-order valence-corrected chi connectivity index (χ3v) is 13.8. The number of sulfonamides is 1. The van der Waals surface area contributed by atoms with E-state index in [-0.39, 0.29) is 31.4 Å². The van der Waals surface area contributed by atoms with Crippen molar-refractivity contribution >= 4 is 50.8 Å². The lowest BCUT2D eigenvalue weighted by atomic mass is 9.84. The topological polar surface area (TPSA) is 192 Å². The molecular weight excluding hydrogens is 767 g/mol. The van der Waals surface area contributed by atoms with Crippen LogP contribution in [0.5, 0.6) is 17.4 Å². The van der Waals surface area contributed by atoms with E-state index in [0.29, 0.717) is 60.6 Å². The number of aromatic nitrogens is 1. The van der Waals surface area contributed by atoms with Crippen molar-refractivity contribution in [3.8, 4) is 17.4 Å². The van der Waals surface area contributed by atoms with Crippen LogP contribution in [-0.4, -0.2) is 97.5 Å². The van der Waals surface area contributed by atoms with E-state index in [1.807, 2.05) is 45.9 Å². The number of hydrogen-bond donors (Lipinski definition) is 3. The van der Waals surface area contributed by atoms with Crippen LogP contribution in [-0.2, 0) is 29.1 Å². The molecule has 5 aliphatic rings. The van der Waals surface area contributed by atoms with E-state index >= 15 is 0 Å². The van der Waals surface area contributed by atoms with E-state index in [1.165, 1.54) is 11.0 Å². The molecule has 0 radical (unpaired) electrons. The van der Waals surface area contributed by atoms with Gasteiger partial charge in [0, 0.05) is 35.4 Å². The van der Waals surface area contributed by atoms with Crippen LogP contribution in [0.25, 0.3) is 17.0 Å². The van der Waals surface area contributed by atoms with Gasteiger partial charge in [-0.2, -0.15) is 0 Å². The van der Waals surface area contributed by atoms with Crippen molar-refractivity contribution in [3.63, 3.8) is 0 Å². The van der Waals surface area contributed by atoms with Gasteiger partial charge in [0.2, 0.25) is 27.7 Å². The molecule has 16 heteroatoms. The van der Waals surface area contributed by atoms with Gasteiger partial charge in [-0.1, -0.05) is 45.4 Å². The van der Waals surface area contributed by atoms with Crippen molar-refractivity contribution in [3.05, 3.63) is 42.5 Å². The van der Waals surface area contributed by atoms with Crippen LogP contribution in [0.3, 0.4) is 0 Å². The van der Waals surface area contributed by atoms with Crippen molar-refractivity contribution in [2.45, 2.75) is 121 Å². The number of allylic oxidation sites excluding steroid dienone is 1. The number of methoxy groups -OCH3 is 1. The molecule has 3 saturated carbocycles. The Morgan fingerprint density at radius 2 is 1.88 bits per heavy atom. The molecule has 3 heterocycles. The van der Waals surface area contributed by atoms with Gasteiger partial charge in [-0.15, -0.1) is 6.58 Å². The Kier molecular flexibility index (Phi) is 11.4. The first-order valence-corrected chi connectivity index (χ1v) is 21.9. The third-order valence-electron chi connectivity index (χ3n) is 12.0. The van der Waals surface area contributed by atoms with Crippen molar-refractivity contribution in [2.75, 3.05) is 20.3 Å². The summed E-state index contributed by atoms with van der Waals surface area (Å²) >= 11 is 0. The molecule has 1 aromatic carbocycles. The van der Waals surface area contributed by atoms with Gasteiger partial charge < -0.3 is 34.5 Å². The number of carbonyl (C=O) groups excluding carboxylic acids is 4. The molecule has 3 aliphatic carbocycles. The molecule has 314 valence electrons. The summed E-state index contributed by atoms with van der Waals surface area (Å²) < 4.78 is 52.2. The number of benzene rings is 1. The minimum absolute atomic E-state index is 0.0101. The van der Waals surface area contributed by atoms with Crippen LogP contribution in [0.1, 0.15) is 91.0 Å². The number of ether oxygens (including phenoxy) is 4. The number of carbonyl (C=O) groups is 4. The van der Waals surface area contributed by atoms with Crippen LogP contribution in [0.2, 0.25) is 0 Å². The van der Waals surface area contributed by atoms with Gasteiger partial charge >= 0.3 is 6.09 Å². The predicted molar refractivity (Wildman–Crippen MR) is 216 cm³/mol. The summed E-state index contributed by atoms with van der Waals surface area (Å²) in [6, 6.07) is 3.14. The molecule has 0 spiro atoms. The maximum Gasteiger partial charge on any atom is 0.408 e. The highest BCUT2D eigenvalue weighted by atomic mass is 32.2. The molecule has 15 nitrogen and oxygen atoms in total. The summed E-state index contributed by atoms with van der Waals surface area (Å²) in [5, 5.41) is 5.69. The number of alkyl carbamates (subject to hydrolysis) is 1. The average molecular weight is 822 g/mol. The Morgan fingerprint density at radius 1 is 1.12 bits per heavy atom. The maximum atomic E-state index is 14.8. The summed E-state index contributed by atoms with van der Waals surface area (Å²) in [6.45, 7) is 11.4. The van der Waals surface area contributed by atoms with Gasteiger partial charge in [0.25, 0.3) is 5.91 Å². The van der Waals surface area contributed by atoms with E-state index in [1.54, 1.807) is 13.2 Å². The monoisotopic (exact) mass is 821 g/mol. The molecule has 4 fully saturated rings. The Hall–Kier alpha value is -4.86. The molecule has 7 rings (SSSR count). The number of fused-ring (bicyclic) bond motifs is 4. The van der Waals surface area contributed by atoms with E-state index in [4.69, 9.17) is 23.9 Å². The fraction of sp³-hybridized carbons (Fsp3) is 0.595. The highest BCUT2D eigenvalue weighted by Gasteiger charge is 2.62. The van der Waals surface area contributed by atoms with Crippen LogP contribution in [0.4, 0.5) is 4.79 Å². The lowest BCUT2D eigenvalue weighted by molar-refractivity contribution is -0.143. The summed E-state index contributed by atoms with van der Waals surface area (Å²) in [4.78, 5) is 62.7. The largest absolute Gasteiger partial charge is 0.496 e. The molecule has 4 bridgehead atoms. The maximum absolute atomic E-state index is 14.8. The molecule has 7 atom stereocenters. The summed E-state index contributed by atoms with van der Waals surface area (Å²) in [6.07, 6.45) is 8.88. The average Bonchev–Trinajstić information content (AvgIpc) is 4.10. The van der Waals surface area contributed by atoms with Crippen molar-refractivity contribution in [1.29, 1.82) is 0 Å². The van der Waals surface area contributed by atoms with Gasteiger partial charge in [0.05, 0.1) is 31.0 Å². The Labute approximate surface area is 339 Å². The van der Waals surface area contributed by atoms with Crippen LogP contribution < -0.4 is 29.6 Å². The Balaban J connectivity index is 1.28. The standard InChI is InChI=1S/C42H55N5O10S/c1-7-26-22-42(26,39(50)46-58(52,53)28-16-17-28)45-37(48)31-19-27-23-47(31)38(49)36(41(3,4)5)44-40(51)57-32-15-10-9-12-24(32)13-11-14-25-18-29-30(20-33(25)54-6)43-35(55-8-2)21-34(29)56-27/h7,11,14,18,20-21,24,26-28,31-32,36H,1,8-10,12-13,15-17,19,22-23H2,2-6H3,(H,44,51)(H,45,48)(H,46,50)/b14-11+/t24-,26+,27+,31-,32+,36+,42+/m0/s1. The van der Waals surface area contributed by atoms with Crippen molar-refractivity contribution in [1.82, 2.24) is 25.2 Å². The third kappa shape index (κ3) is 8.48. The Morgan fingerprint density at radius 3 is 2.55 bits per heavy atom. The lowest BCUT2D eigenvalue weighted by Gasteiger charge is -2.36. The predicted octanol–water partition coefficient (Wildman–Crippen LogP) is 4.78. The van der Waals surface area contributed by atoms with Crippen LogP contribution >= 0.6 is 0 Å². The quantitative estimate of drug-likeness (QED) is 0.295. The van der Waals surface area contributed by atoms with E-state index in [2.05, 4.69) is 28.0 Å². The molecule has 0 unspecified atom stereocenters. The minimum Gasteiger partial charge on any atom is -0.496 e. The molecule has 2 aliphatic heterocycles. The zero-order chi connectivity index (χ0) is 41.6. The first-order chi connectivity index (χ1) is 27.6. The Bertz CT molecular complexity index is 2110. The fourth-order valence-corrected chi connectivity index (χ4v) is 9.85. The second-order valence-electron chi connectivity index (χ2n) is 17.2. The van der Waals surface area contributed by atoms with Gasteiger partial charge in [-0.3, -0.25) is 19.1 Å². The molecule has 1 aromatic heterocycles. The first kappa shape index (κ1) is 41.3. The summed E-state index contributed by atoms with van der Waals surface area (Å²) in [5.74, 6) is -1.20. The lowest BCUT2D eigenvalue weighted by Crippen LogP contribution is -2.60. The molecule has 4 amide bonds. The van der Waals surface area contributed by atoms with Gasteiger partial charge in [-0.05, 0) is 69.3 Å². The first-order valence-electron chi connectivity index (χ1n) is 20.3. The van der Waals surface area contributed by atoms with Gasteiger partial charge in [-0.25, -0.2) is 18.2 Å². The number of pyridine rings is 1. The second-order valence-corrected chi connectivity index (χ2v) is 19.2. The normalized spacial score (nSPS) is 29.4.